The molecule has 0 aromatic carbocycles. The molecule has 2 atom stereocenters. The molecule has 0 heterocycles. The van der Waals surface area contributed by atoms with Crippen molar-refractivity contribution in [3.63, 3.8) is 0 Å². The first kappa shape index (κ1) is 13.4. The predicted octanol–water partition coefficient (Wildman–Crippen LogP) is 4.37. The van der Waals surface area contributed by atoms with Crippen LogP contribution in [0.25, 0.3) is 0 Å². The minimum absolute atomic E-state index is 0.811. The maximum absolute atomic E-state index is 3.84. The SMILES string of the molecule is CCCNC(CC1CCCCC1)C(C)C1CC1. The van der Waals surface area contributed by atoms with Crippen LogP contribution in [0.5, 0.6) is 0 Å². The van der Waals surface area contributed by atoms with Crippen LogP contribution in [0, 0.1) is 17.8 Å². The number of rotatable bonds is 7. The Labute approximate surface area is 108 Å². The highest BCUT2D eigenvalue weighted by Gasteiger charge is 2.34. The van der Waals surface area contributed by atoms with Crippen molar-refractivity contribution in [3.05, 3.63) is 0 Å². The Morgan fingerprint density at radius 3 is 2.35 bits per heavy atom. The van der Waals surface area contributed by atoms with Gasteiger partial charge < -0.3 is 5.32 Å². The predicted molar refractivity (Wildman–Crippen MR) is 75.2 cm³/mol. The van der Waals surface area contributed by atoms with E-state index in [1.54, 1.807) is 0 Å². The summed E-state index contributed by atoms with van der Waals surface area (Å²) in [5.41, 5.74) is 0. The number of hydrogen-bond acceptors (Lipinski definition) is 1. The van der Waals surface area contributed by atoms with Crippen LogP contribution in [-0.4, -0.2) is 12.6 Å². The van der Waals surface area contributed by atoms with Crippen molar-refractivity contribution in [1.29, 1.82) is 0 Å². The lowest BCUT2D eigenvalue weighted by molar-refractivity contribution is 0.244. The second-order valence-corrected chi connectivity index (χ2v) is 6.50. The molecule has 0 aromatic rings. The molecular formula is C16H31N. The second-order valence-electron chi connectivity index (χ2n) is 6.50. The molecule has 2 unspecified atom stereocenters. The third kappa shape index (κ3) is 4.28. The Hall–Kier alpha value is -0.0400. The van der Waals surface area contributed by atoms with E-state index in [2.05, 4.69) is 19.2 Å². The Morgan fingerprint density at radius 1 is 1.06 bits per heavy atom. The Bertz CT molecular complexity index is 204. The largest absolute Gasteiger partial charge is 0.314 e. The van der Waals surface area contributed by atoms with Crippen molar-refractivity contribution < 1.29 is 0 Å². The fraction of sp³-hybridized carbons (Fsp3) is 1.00. The van der Waals surface area contributed by atoms with E-state index in [1.165, 1.54) is 64.3 Å². The van der Waals surface area contributed by atoms with Crippen LogP contribution < -0.4 is 5.32 Å². The molecule has 2 aliphatic carbocycles. The maximum atomic E-state index is 3.84. The van der Waals surface area contributed by atoms with Gasteiger partial charge in [-0.1, -0.05) is 46.0 Å². The number of hydrogen-bond donors (Lipinski definition) is 1. The summed E-state index contributed by atoms with van der Waals surface area (Å²) < 4.78 is 0. The molecule has 2 aliphatic rings. The average Bonchev–Trinajstić information content (AvgIpc) is 3.19. The fourth-order valence-electron chi connectivity index (χ4n) is 3.55. The van der Waals surface area contributed by atoms with E-state index >= 15 is 0 Å². The van der Waals surface area contributed by atoms with E-state index in [4.69, 9.17) is 0 Å². The quantitative estimate of drug-likeness (QED) is 0.693. The highest BCUT2D eigenvalue weighted by Crippen LogP contribution is 2.40. The molecule has 1 heteroatoms. The van der Waals surface area contributed by atoms with Crippen molar-refractivity contribution in [3.8, 4) is 0 Å². The van der Waals surface area contributed by atoms with E-state index in [0.717, 1.165) is 23.8 Å². The van der Waals surface area contributed by atoms with Gasteiger partial charge in [0.2, 0.25) is 0 Å². The van der Waals surface area contributed by atoms with Gasteiger partial charge in [0.05, 0.1) is 0 Å². The molecule has 17 heavy (non-hydrogen) atoms. The van der Waals surface area contributed by atoms with Gasteiger partial charge in [-0.2, -0.15) is 0 Å². The van der Waals surface area contributed by atoms with Crippen LogP contribution in [0.15, 0.2) is 0 Å². The summed E-state index contributed by atoms with van der Waals surface area (Å²) >= 11 is 0. The summed E-state index contributed by atoms with van der Waals surface area (Å²) in [6, 6.07) is 0.811. The smallest absolute Gasteiger partial charge is 0.00979 e. The van der Waals surface area contributed by atoms with Gasteiger partial charge in [0.25, 0.3) is 0 Å². The third-order valence-electron chi connectivity index (χ3n) is 4.97. The van der Waals surface area contributed by atoms with E-state index in [-0.39, 0.29) is 0 Å². The van der Waals surface area contributed by atoms with Crippen LogP contribution in [0.2, 0.25) is 0 Å². The summed E-state index contributed by atoms with van der Waals surface area (Å²) in [5.74, 6) is 3.00. The van der Waals surface area contributed by atoms with Crippen LogP contribution in [0.3, 0.4) is 0 Å². The van der Waals surface area contributed by atoms with Crippen molar-refractivity contribution in [2.45, 2.75) is 77.7 Å². The van der Waals surface area contributed by atoms with Crippen LogP contribution in [0.1, 0.15) is 71.6 Å². The Morgan fingerprint density at radius 2 is 1.76 bits per heavy atom. The first-order valence-corrected chi connectivity index (χ1v) is 8.04. The first-order valence-electron chi connectivity index (χ1n) is 8.04. The van der Waals surface area contributed by atoms with Crippen molar-refractivity contribution in [1.82, 2.24) is 5.32 Å². The fourth-order valence-corrected chi connectivity index (χ4v) is 3.55. The van der Waals surface area contributed by atoms with Gasteiger partial charge in [0.1, 0.15) is 0 Å². The lowest BCUT2D eigenvalue weighted by Gasteiger charge is -2.31. The van der Waals surface area contributed by atoms with Gasteiger partial charge >= 0.3 is 0 Å². The molecule has 2 saturated carbocycles. The second kappa shape index (κ2) is 6.78. The molecule has 0 radical (unpaired) electrons. The molecule has 0 aliphatic heterocycles. The molecular weight excluding hydrogens is 206 g/mol. The Kier molecular flexibility index (Phi) is 5.34. The highest BCUT2D eigenvalue weighted by molar-refractivity contribution is 4.88. The Balaban J connectivity index is 1.80. The summed E-state index contributed by atoms with van der Waals surface area (Å²) in [7, 11) is 0. The van der Waals surface area contributed by atoms with E-state index in [9.17, 15) is 0 Å². The van der Waals surface area contributed by atoms with Crippen LogP contribution in [-0.2, 0) is 0 Å². The molecule has 100 valence electrons. The van der Waals surface area contributed by atoms with Crippen molar-refractivity contribution >= 4 is 0 Å². The third-order valence-corrected chi connectivity index (χ3v) is 4.97. The molecule has 0 aromatic heterocycles. The first-order chi connectivity index (χ1) is 8.31. The zero-order valence-corrected chi connectivity index (χ0v) is 11.9. The standard InChI is InChI=1S/C16H31N/c1-3-11-17-16(13(2)15-9-10-15)12-14-7-5-4-6-8-14/h13-17H,3-12H2,1-2H3. The van der Waals surface area contributed by atoms with Crippen molar-refractivity contribution in [2.75, 3.05) is 6.54 Å². The van der Waals surface area contributed by atoms with Gasteiger partial charge in [-0.15, -0.1) is 0 Å². The molecule has 1 N–H and O–H groups in total. The van der Waals surface area contributed by atoms with Gasteiger partial charge in [-0.3, -0.25) is 0 Å². The minimum Gasteiger partial charge on any atom is -0.314 e. The van der Waals surface area contributed by atoms with Crippen LogP contribution >= 0.6 is 0 Å². The molecule has 0 amide bonds. The van der Waals surface area contributed by atoms with Gasteiger partial charge in [-0.05, 0) is 50.0 Å². The zero-order valence-electron chi connectivity index (χ0n) is 11.9. The monoisotopic (exact) mass is 237 g/mol. The molecule has 2 rings (SSSR count). The molecule has 1 nitrogen and oxygen atoms in total. The lowest BCUT2D eigenvalue weighted by atomic mass is 9.81. The average molecular weight is 237 g/mol. The molecule has 2 fully saturated rings. The summed E-state index contributed by atoms with van der Waals surface area (Å²) in [5, 5.41) is 3.84. The molecule has 0 spiro atoms. The topological polar surface area (TPSA) is 12.0 Å². The van der Waals surface area contributed by atoms with E-state index in [0.29, 0.717) is 0 Å². The summed E-state index contributed by atoms with van der Waals surface area (Å²) in [4.78, 5) is 0. The summed E-state index contributed by atoms with van der Waals surface area (Å²) in [6.45, 7) is 5.99. The van der Waals surface area contributed by atoms with E-state index in [1.807, 2.05) is 0 Å². The molecule has 0 bridgehead atoms. The lowest BCUT2D eigenvalue weighted by Crippen LogP contribution is -2.38. The van der Waals surface area contributed by atoms with Crippen molar-refractivity contribution in [2.24, 2.45) is 17.8 Å². The number of nitrogens with one attached hydrogen (secondary N) is 1. The highest BCUT2D eigenvalue weighted by atomic mass is 14.9. The van der Waals surface area contributed by atoms with Gasteiger partial charge in [0, 0.05) is 6.04 Å². The van der Waals surface area contributed by atoms with Gasteiger partial charge in [-0.25, -0.2) is 0 Å². The zero-order chi connectivity index (χ0) is 12.1. The van der Waals surface area contributed by atoms with E-state index < -0.39 is 0 Å². The van der Waals surface area contributed by atoms with Crippen LogP contribution in [0.4, 0.5) is 0 Å². The maximum Gasteiger partial charge on any atom is 0.00979 e. The summed E-state index contributed by atoms with van der Waals surface area (Å²) in [6.07, 6.45) is 13.2. The van der Waals surface area contributed by atoms with Gasteiger partial charge in [0.15, 0.2) is 0 Å². The minimum atomic E-state index is 0.811. The normalized spacial score (nSPS) is 25.8. The molecule has 0 saturated heterocycles.